The number of halogens is 2. The second kappa shape index (κ2) is 7.70. The van der Waals surface area contributed by atoms with Crippen LogP contribution < -0.4 is 5.32 Å². The first kappa shape index (κ1) is 17.6. The van der Waals surface area contributed by atoms with Crippen LogP contribution in [0.1, 0.15) is 31.9 Å². The van der Waals surface area contributed by atoms with Gasteiger partial charge in [-0.3, -0.25) is 0 Å². The van der Waals surface area contributed by atoms with Crippen molar-refractivity contribution in [2.24, 2.45) is 0 Å². The number of aliphatic hydroxyl groups excluding tert-OH is 1. The molecule has 2 rings (SSSR count). The molecule has 1 aromatic rings. The minimum Gasteiger partial charge on any atom is -0.393 e. The number of nitrogens with zero attached hydrogens (tertiary/aromatic N) is 1. The number of rotatable bonds is 4. The zero-order chi connectivity index (χ0) is 17.0. The Bertz CT molecular complexity index is 554. The molecule has 128 valence electrons. The minimum absolute atomic E-state index is 0.207. The number of urea groups is 1. The summed E-state index contributed by atoms with van der Waals surface area (Å²) in [7, 11) is 0. The second-order valence-electron chi connectivity index (χ2n) is 5.85. The van der Waals surface area contributed by atoms with Gasteiger partial charge in [-0.25, -0.2) is 13.6 Å². The van der Waals surface area contributed by atoms with Gasteiger partial charge in [-0.1, -0.05) is 6.07 Å². The molecule has 0 radical (unpaired) electrons. The number of morpholine rings is 1. The van der Waals surface area contributed by atoms with Crippen LogP contribution in [0.3, 0.4) is 0 Å². The maximum Gasteiger partial charge on any atom is 0.318 e. The topological polar surface area (TPSA) is 61.8 Å². The number of nitrogens with one attached hydrogen (secondary N) is 1. The Hall–Kier alpha value is -1.73. The lowest BCUT2D eigenvalue weighted by atomic mass is 10.1. The maximum absolute atomic E-state index is 13.3. The van der Waals surface area contributed by atoms with E-state index < -0.39 is 23.8 Å². The summed E-state index contributed by atoms with van der Waals surface area (Å²) < 4.78 is 31.6. The zero-order valence-corrected chi connectivity index (χ0v) is 13.3. The van der Waals surface area contributed by atoms with Crippen LogP contribution in [0.15, 0.2) is 18.2 Å². The van der Waals surface area contributed by atoms with Gasteiger partial charge in [0.05, 0.1) is 31.4 Å². The molecule has 2 N–H and O–H groups in total. The van der Waals surface area contributed by atoms with Crippen LogP contribution in [0.2, 0.25) is 0 Å². The van der Waals surface area contributed by atoms with Crippen molar-refractivity contribution < 1.29 is 23.4 Å². The van der Waals surface area contributed by atoms with Crippen molar-refractivity contribution >= 4 is 6.03 Å². The highest BCUT2D eigenvalue weighted by molar-refractivity contribution is 5.75. The lowest BCUT2D eigenvalue weighted by Crippen LogP contribution is -2.53. The number of carbonyl (C=O) groups is 1. The number of carbonyl (C=O) groups excluding carboxylic acids is 1. The molecule has 5 nitrogen and oxygen atoms in total. The van der Waals surface area contributed by atoms with E-state index >= 15 is 0 Å². The van der Waals surface area contributed by atoms with E-state index in [9.17, 15) is 18.7 Å². The van der Waals surface area contributed by atoms with Crippen molar-refractivity contribution in [3.8, 4) is 0 Å². The molecular weight excluding hydrogens is 306 g/mol. The van der Waals surface area contributed by atoms with E-state index in [2.05, 4.69) is 5.32 Å². The monoisotopic (exact) mass is 328 g/mol. The van der Waals surface area contributed by atoms with Crippen molar-refractivity contribution in [3.05, 3.63) is 35.4 Å². The number of amides is 2. The van der Waals surface area contributed by atoms with Crippen LogP contribution in [-0.2, 0) is 4.74 Å². The molecule has 0 unspecified atom stereocenters. The highest BCUT2D eigenvalue weighted by atomic mass is 19.2. The molecule has 1 aromatic carbocycles. The Balaban J connectivity index is 2.02. The SMILES string of the molecule is C[C@H](O)C[C@H]1COCCN1C(=O)N[C@H](C)c1ccc(F)c(F)c1. The van der Waals surface area contributed by atoms with Gasteiger partial charge in [-0.05, 0) is 38.0 Å². The molecule has 0 bridgehead atoms. The molecule has 0 saturated carbocycles. The first-order valence-electron chi connectivity index (χ1n) is 7.66. The average Bonchev–Trinajstić information content (AvgIpc) is 2.49. The van der Waals surface area contributed by atoms with Crippen LogP contribution in [0, 0.1) is 11.6 Å². The molecule has 1 heterocycles. The second-order valence-corrected chi connectivity index (χ2v) is 5.85. The predicted molar refractivity (Wildman–Crippen MR) is 80.9 cm³/mol. The van der Waals surface area contributed by atoms with Gasteiger partial charge in [-0.15, -0.1) is 0 Å². The quantitative estimate of drug-likeness (QED) is 0.891. The summed E-state index contributed by atoms with van der Waals surface area (Å²) in [4.78, 5) is 14.1. The number of hydrogen-bond acceptors (Lipinski definition) is 3. The van der Waals surface area contributed by atoms with Gasteiger partial charge in [0.1, 0.15) is 0 Å². The molecule has 0 aromatic heterocycles. The fraction of sp³-hybridized carbons (Fsp3) is 0.562. The third kappa shape index (κ3) is 4.62. The summed E-state index contributed by atoms with van der Waals surface area (Å²) in [5.74, 6) is -1.86. The van der Waals surface area contributed by atoms with Crippen molar-refractivity contribution in [2.75, 3.05) is 19.8 Å². The van der Waals surface area contributed by atoms with Gasteiger partial charge < -0.3 is 20.1 Å². The highest BCUT2D eigenvalue weighted by Crippen LogP contribution is 2.18. The van der Waals surface area contributed by atoms with Crippen LogP contribution >= 0.6 is 0 Å². The highest BCUT2D eigenvalue weighted by Gasteiger charge is 2.29. The fourth-order valence-corrected chi connectivity index (χ4v) is 2.64. The van der Waals surface area contributed by atoms with Gasteiger partial charge >= 0.3 is 6.03 Å². The standard InChI is InChI=1S/C16H22F2N2O3/c1-10(21)7-13-9-23-6-5-20(13)16(22)19-11(2)12-3-4-14(17)15(18)8-12/h3-4,8,10-11,13,21H,5-7,9H2,1-2H3,(H,19,22)/t10-,11+,13-/m0/s1. The molecule has 2 amide bonds. The van der Waals surface area contributed by atoms with E-state index in [-0.39, 0.29) is 12.1 Å². The van der Waals surface area contributed by atoms with Crippen molar-refractivity contribution in [1.29, 1.82) is 0 Å². The van der Waals surface area contributed by atoms with Crippen LogP contribution in [0.4, 0.5) is 13.6 Å². The Morgan fingerprint density at radius 1 is 1.43 bits per heavy atom. The number of benzene rings is 1. The lowest BCUT2D eigenvalue weighted by molar-refractivity contribution is -0.00474. The first-order valence-corrected chi connectivity index (χ1v) is 7.66. The summed E-state index contributed by atoms with van der Waals surface area (Å²) in [6, 6.07) is 2.57. The Morgan fingerprint density at radius 2 is 2.17 bits per heavy atom. The number of hydrogen-bond donors (Lipinski definition) is 2. The van der Waals surface area contributed by atoms with E-state index in [1.165, 1.54) is 6.07 Å². The minimum atomic E-state index is -0.943. The normalized spacial score (nSPS) is 20.9. The van der Waals surface area contributed by atoms with Gasteiger partial charge in [-0.2, -0.15) is 0 Å². The number of ether oxygens (including phenoxy) is 1. The largest absolute Gasteiger partial charge is 0.393 e. The first-order chi connectivity index (χ1) is 10.9. The molecule has 1 fully saturated rings. The van der Waals surface area contributed by atoms with E-state index in [1.54, 1.807) is 18.7 Å². The Kier molecular flexibility index (Phi) is 5.90. The van der Waals surface area contributed by atoms with Gasteiger partial charge in [0, 0.05) is 6.54 Å². The van der Waals surface area contributed by atoms with Crippen LogP contribution in [0.25, 0.3) is 0 Å². The van der Waals surface area contributed by atoms with Crippen molar-refractivity contribution in [1.82, 2.24) is 10.2 Å². The average molecular weight is 328 g/mol. The lowest BCUT2D eigenvalue weighted by Gasteiger charge is -2.37. The van der Waals surface area contributed by atoms with E-state index in [4.69, 9.17) is 4.74 Å². The fourth-order valence-electron chi connectivity index (χ4n) is 2.64. The molecule has 1 aliphatic rings. The Morgan fingerprint density at radius 3 is 2.83 bits per heavy atom. The van der Waals surface area contributed by atoms with Gasteiger partial charge in [0.15, 0.2) is 11.6 Å². The molecule has 3 atom stereocenters. The van der Waals surface area contributed by atoms with Crippen LogP contribution in [-0.4, -0.2) is 47.9 Å². The summed E-state index contributed by atoms with van der Waals surface area (Å²) in [5, 5.41) is 12.3. The van der Waals surface area contributed by atoms with E-state index in [0.717, 1.165) is 12.1 Å². The number of aliphatic hydroxyl groups is 1. The predicted octanol–water partition coefficient (Wildman–Crippen LogP) is 2.21. The summed E-state index contributed by atoms with van der Waals surface area (Å²) >= 11 is 0. The zero-order valence-electron chi connectivity index (χ0n) is 13.3. The third-order valence-electron chi connectivity index (χ3n) is 3.89. The molecule has 1 aliphatic heterocycles. The van der Waals surface area contributed by atoms with E-state index in [1.807, 2.05) is 0 Å². The molecule has 1 saturated heterocycles. The van der Waals surface area contributed by atoms with Crippen LogP contribution in [0.5, 0.6) is 0 Å². The molecule has 0 aliphatic carbocycles. The van der Waals surface area contributed by atoms with Crippen molar-refractivity contribution in [2.45, 2.75) is 38.5 Å². The van der Waals surface area contributed by atoms with E-state index in [0.29, 0.717) is 31.7 Å². The summed E-state index contributed by atoms with van der Waals surface area (Å²) in [5.41, 5.74) is 0.484. The third-order valence-corrected chi connectivity index (χ3v) is 3.89. The molecule has 23 heavy (non-hydrogen) atoms. The summed E-state index contributed by atoms with van der Waals surface area (Å²) in [6.07, 6.45) is -0.118. The molecule has 0 spiro atoms. The maximum atomic E-state index is 13.3. The van der Waals surface area contributed by atoms with Crippen molar-refractivity contribution in [3.63, 3.8) is 0 Å². The Labute approximate surface area is 134 Å². The van der Waals surface area contributed by atoms with Gasteiger partial charge in [0.2, 0.25) is 0 Å². The van der Waals surface area contributed by atoms with Gasteiger partial charge in [0.25, 0.3) is 0 Å². The molecular formula is C16H22F2N2O3. The summed E-state index contributed by atoms with van der Waals surface area (Å²) in [6.45, 7) is 4.60. The smallest absolute Gasteiger partial charge is 0.318 e. The molecule has 7 heteroatoms.